The summed E-state index contributed by atoms with van der Waals surface area (Å²) in [6.07, 6.45) is 2.20. The largest absolute Gasteiger partial charge is 0.366 e. The second kappa shape index (κ2) is 6.19. The Kier molecular flexibility index (Phi) is 4.64. The summed E-state index contributed by atoms with van der Waals surface area (Å²) in [5.74, 6) is 0.0379. The van der Waals surface area contributed by atoms with Gasteiger partial charge in [-0.3, -0.25) is 9.59 Å². The minimum absolute atomic E-state index is 0.0116. The van der Waals surface area contributed by atoms with Crippen molar-refractivity contribution in [3.05, 3.63) is 47.0 Å². The predicted molar refractivity (Wildman–Crippen MR) is 91.6 cm³/mol. The smallest absolute Gasteiger partial charge is 0.248 e. The molecule has 1 aromatic rings. The Balaban J connectivity index is 2.08. The van der Waals surface area contributed by atoms with Crippen LogP contribution in [-0.2, 0) is 11.3 Å². The van der Waals surface area contributed by atoms with E-state index < -0.39 is 5.91 Å². The summed E-state index contributed by atoms with van der Waals surface area (Å²) in [6, 6.07) is 7.13. The van der Waals surface area contributed by atoms with Crippen molar-refractivity contribution in [3.8, 4) is 0 Å². The molecule has 2 atom stereocenters. The van der Waals surface area contributed by atoms with Crippen molar-refractivity contribution in [3.63, 3.8) is 0 Å². The van der Waals surface area contributed by atoms with Gasteiger partial charge in [0, 0.05) is 19.2 Å². The van der Waals surface area contributed by atoms with Crippen molar-refractivity contribution >= 4 is 11.8 Å². The highest BCUT2D eigenvalue weighted by Gasteiger charge is 2.60. The molecule has 2 rings (SSSR count). The normalized spacial score (nSPS) is 21.4. The second-order valence-electron chi connectivity index (χ2n) is 7.33. The fourth-order valence-corrected chi connectivity index (χ4v) is 3.23. The van der Waals surface area contributed by atoms with Crippen LogP contribution in [0.3, 0.4) is 0 Å². The maximum Gasteiger partial charge on any atom is 0.248 e. The maximum absolute atomic E-state index is 12.7. The van der Waals surface area contributed by atoms with Crippen LogP contribution in [0.2, 0.25) is 0 Å². The molecule has 2 N–H and O–H groups in total. The Morgan fingerprint density at radius 3 is 2.52 bits per heavy atom. The number of hydrogen-bond acceptors (Lipinski definition) is 2. The SMILES string of the molecule is CC(C)=C[C@@H]1[C@@H](C(=O)N(C)Cc2cccc(C(N)=O)c2)C1(C)C. The molecule has 1 aliphatic carbocycles. The average Bonchev–Trinajstić information content (AvgIpc) is 2.98. The third-order valence-electron chi connectivity index (χ3n) is 4.70. The molecule has 0 aliphatic heterocycles. The lowest BCUT2D eigenvalue weighted by atomic mass is 10.1. The zero-order valence-corrected chi connectivity index (χ0v) is 14.6. The molecular weight excluding hydrogens is 288 g/mol. The van der Waals surface area contributed by atoms with Crippen molar-refractivity contribution in [1.82, 2.24) is 4.90 Å². The number of carbonyl (C=O) groups is 2. The summed E-state index contributed by atoms with van der Waals surface area (Å²) in [7, 11) is 1.81. The molecule has 0 bridgehead atoms. The number of rotatable bonds is 5. The fraction of sp³-hybridized carbons (Fsp3) is 0.474. The number of benzene rings is 1. The first-order valence-corrected chi connectivity index (χ1v) is 7.93. The predicted octanol–water partition coefficient (Wildman–Crippen LogP) is 2.98. The molecule has 1 saturated carbocycles. The Bertz CT molecular complexity index is 657. The van der Waals surface area contributed by atoms with Crippen LogP contribution in [0.15, 0.2) is 35.9 Å². The monoisotopic (exact) mass is 314 g/mol. The van der Waals surface area contributed by atoms with E-state index in [1.807, 2.05) is 13.1 Å². The van der Waals surface area contributed by atoms with Gasteiger partial charge in [-0.15, -0.1) is 0 Å². The van der Waals surface area contributed by atoms with E-state index in [1.165, 1.54) is 5.57 Å². The number of allylic oxidation sites excluding steroid dienone is 2. The van der Waals surface area contributed by atoms with Crippen LogP contribution in [0.5, 0.6) is 0 Å². The molecule has 0 heterocycles. The van der Waals surface area contributed by atoms with Gasteiger partial charge in [-0.25, -0.2) is 0 Å². The zero-order valence-electron chi connectivity index (χ0n) is 14.6. The van der Waals surface area contributed by atoms with Crippen molar-refractivity contribution < 1.29 is 9.59 Å². The van der Waals surface area contributed by atoms with Crippen LogP contribution in [0.25, 0.3) is 0 Å². The maximum atomic E-state index is 12.7. The van der Waals surface area contributed by atoms with Crippen LogP contribution in [0.4, 0.5) is 0 Å². The third-order valence-corrected chi connectivity index (χ3v) is 4.70. The second-order valence-corrected chi connectivity index (χ2v) is 7.33. The van der Waals surface area contributed by atoms with Gasteiger partial charge in [-0.1, -0.05) is 37.6 Å². The van der Waals surface area contributed by atoms with Crippen LogP contribution in [0.1, 0.15) is 43.6 Å². The summed E-state index contributed by atoms with van der Waals surface area (Å²) in [4.78, 5) is 25.7. The highest BCUT2D eigenvalue weighted by Crippen LogP contribution is 2.60. The third kappa shape index (κ3) is 3.63. The topological polar surface area (TPSA) is 63.4 Å². The van der Waals surface area contributed by atoms with E-state index in [2.05, 4.69) is 33.8 Å². The number of amides is 2. The van der Waals surface area contributed by atoms with Gasteiger partial charge in [0.15, 0.2) is 0 Å². The molecule has 0 saturated heterocycles. The van der Waals surface area contributed by atoms with Crippen LogP contribution < -0.4 is 5.73 Å². The minimum Gasteiger partial charge on any atom is -0.366 e. The van der Waals surface area contributed by atoms with Gasteiger partial charge in [-0.05, 0) is 42.9 Å². The first-order valence-electron chi connectivity index (χ1n) is 7.93. The van der Waals surface area contributed by atoms with Gasteiger partial charge < -0.3 is 10.6 Å². The highest BCUT2D eigenvalue weighted by molar-refractivity contribution is 5.93. The molecule has 1 aliphatic rings. The van der Waals surface area contributed by atoms with E-state index in [9.17, 15) is 9.59 Å². The molecule has 0 unspecified atom stereocenters. The van der Waals surface area contributed by atoms with Crippen LogP contribution >= 0.6 is 0 Å². The molecular formula is C19H26N2O2. The van der Waals surface area contributed by atoms with Gasteiger partial charge in [0.25, 0.3) is 0 Å². The minimum atomic E-state index is -0.451. The van der Waals surface area contributed by atoms with Crippen molar-refractivity contribution in [2.24, 2.45) is 23.0 Å². The summed E-state index contributed by atoms with van der Waals surface area (Å²) in [6.45, 7) is 8.89. The van der Waals surface area contributed by atoms with Crippen molar-refractivity contribution in [1.29, 1.82) is 0 Å². The number of hydrogen-bond donors (Lipinski definition) is 1. The van der Waals surface area contributed by atoms with Gasteiger partial charge in [0.1, 0.15) is 0 Å². The van der Waals surface area contributed by atoms with Gasteiger partial charge in [0.2, 0.25) is 11.8 Å². The summed E-state index contributed by atoms with van der Waals surface area (Å²) >= 11 is 0. The number of nitrogens with two attached hydrogens (primary N) is 1. The molecule has 2 amide bonds. The molecule has 124 valence electrons. The average molecular weight is 314 g/mol. The van der Waals surface area contributed by atoms with Gasteiger partial charge in [-0.2, -0.15) is 0 Å². The lowest BCUT2D eigenvalue weighted by Crippen LogP contribution is -2.29. The number of primary amides is 1. The van der Waals surface area contributed by atoms with E-state index in [4.69, 9.17) is 5.73 Å². The quantitative estimate of drug-likeness (QED) is 0.849. The van der Waals surface area contributed by atoms with E-state index in [0.29, 0.717) is 18.0 Å². The highest BCUT2D eigenvalue weighted by atomic mass is 16.2. The molecule has 23 heavy (non-hydrogen) atoms. The first kappa shape index (κ1) is 17.3. The molecule has 1 aromatic carbocycles. The molecule has 1 fully saturated rings. The molecule has 0 aromatic heterocycles. The summed E-state index contributed by atoms with van der Waals surface area (Å²) in [5, 5.41) is 0. The Morgan fingerprint density at radius 1 is 1.30 bits per heavy atom. The van der Waals surface area contributed by atoms with E-state index in [1.54, 1.807) is 23.1 Å². The Labute approximate surface area is 138 Å². The molecule has 0 radical (unpaired) electrons. The van der Waals surface area contributed by atoms with Crippen molar-refractivity contribution in [2.75, 3.05) is 7.05 Å². The van der Waals surface area contributed by atoms with Gasteiger partial charge >= 0.3 is 0 Å². The van der Waals surface area contributed by atoms with Crippen molar-refractivity contribution in [2.45, 2.75) is 34.2 Å². The van der Waals surface area contributed by atoms with Crippen LogP contribution in [-0.4, -0.2) is 23.8 Å². The van der Waals surface area contributed by atoms with E-state index in [-0.39, 0.29) is 17.2 Å². The zero-order chi connectivity index (χ0) is 17.4. The first-order chi connectivity index (χ1) is 10.6. The van der Waals surface area contributed by atoms with Gasteiger partial charge in [0.05, 0.1) is 5.92 Å². The lowest BCUT2D eigenvalue weighted by Gasteiger charge is -2.18. The molecule has 4 heteroatoms. The molecule has 4 nitrogen and oxygen atoms in total. The van der Waals surface area contributed by atoms with E-state index >= 15 is 0 Å². The van der Waals surface area contributed by atoms with Crippen LogP contribution in [0, 0.1) is 17.3 Å². The Hall–Kier alpha value is -2.10. The standard InChI is InChI=1S/C19H26N2O2/c1-12(2)9-15-16(19(15,3)4)18(23)21(5)11-13-7-6-8-14(10-13)17(20)22/h6-10,15-16H,11H2,1-5H3,(H2,20,22)/t15-,16+/m1/s1. The number of carbonyl (C=O) groups excluding carboxylic acids is 2. The lowest BCUT2D eigenvalue weighted by molar-refractivity contribution is -0.132. The molecule has 0 spiro atoms. The van der Waals surface area contributed by atoms with E-state index in [0.717, 1.165) is 5.56 Å². The Morgan fingerprint density at radius 2 is 1.96 bits per heavy atom. The number of nitrogens with zero attached hydrogens (tertiary/aromatic N) is 1. The summed E-state index contributed by atoms with van der Waals surface area (Å²) in [5.41, 5.74) is 7.94. The summed E-state index contributed by atoms with van der Waals surface area (Å²) < 4.78 is 0. The fourth-order valence-electron chi connectivity index (χ4n) is 3.23.